The van der Waals surface area contributed by atoms with Gasteiger partial charge in [0.05, 0.1) is 21.2 Å². The van der Waals surface area contributed by atoms with Crippen molar-refractivity contribution in [1.29, 1.82) is 0 Å². The van der Waals surface area contributed by atoms with Crippen LogP contribution in [0.1, 0.15) is 45.2 Å². The molecule has 0 bridgehead atoms. The number of aromatic nitrogens is 1. The van der Waals surface area contributed by atoms with Gasteiger partial charge in [-0.2, -0.15) is 0 Å². The maximum absolute atomic E-state index is 13.4. The molecule has 3 heterocycles. The van der Waals surface area contributed by atoms with E-state index in [1.807, 2.05) is 0 Å². The molecule has 1 saturated heterocycles. The molecule has 5 rings (SSSR count). The lowest BCUT2D eigenvalue weighted by Crippen LogP contribution is -2.41. The average molecular weight is 462 g/mol. The highest BCUT2D eigenvalue weighted by atomic mass is 35.5. The first-order chi connectivity index (χ1) is 14.9. The second-order valence-corrected chi connectivity index (χ2v) is 8.71. The monoisotopic (exact) mass is 461 g/mol. The molecule has 0 radical (unpaired) electrons. The molecule has 31 heavy (non-hydrogen) atoms. The Balaban J connectivity index is 1.21. The van der Waals surface area contributed by atoms with Crippen LogP contribution < -0.4 is 0 Å². The Kier molecular flexibility index (Phi) is 5.20. The normalized spacial score (nSPS) is 17.7. The largest absolute Gasteiger partial charge is 0.360 e. The van der Waals surface area contributed by atoms with Gasteiger partial charge in [-0.25, -0.2) is 4.39 Å². The van der Waals surface area contributed by atoms with Gasteiger partial charge in [0.1, 0.15) is 17.1 Å². The van der Waals surface area contributed by atoms with E-state index in [0.717, 1.165) is 37.1 Å². The molecule has 2 amide bonds. The van der Waals surface area contributed by atoms with E-state index in [2.05, 4.69) is 10.1 Å². The second-order valence-electron chi connectivity index (χ2n) is 7.90. The quantitative estimate of drug-likeness (QED) is 0.524. The molecule has 0 atom stereocenters. The summed E-state index contributed by atoms with van der Waals surface area (Å²) in [6.45, 7) is 2.49. The van der Waals surface area contributed by atoms with E-state index in [4.69, 9.17) is 27.7 Å². The Morgan fingerprint density at radius 2 is 1.65 bits per heavy atom. The van der Waals surface area contributed by atoms with E-state index in [-0.39, 0.29) is 33.6 Å². The summed E-state index contributed by atoms with van der Waals surface area (Å²) in [5, 5.41) is 5.35. The zero-order valence-corrected chi connectivity index (χ0v) is 17.9. The van der Waals surface area contributed by atoms with E-state index in [0.29, 0.717) is 29.7 Å². The van der Waals surface area contributed by atoms with E-state index >= 15 is 0 Å². The first-order valence-electron chi connectivity index (χ1n) is 10.0. The standard InChI is InChI=1S/C22H18Cl2FN3O3/c23-17-10-15-16(11-18(17)24)22(30)28(21(15)29)8-7-27-5-3-12(4-6-27)20-14-2-1-13(25)9-19(14)26-31-20/h1-2,9-12H,3-8H2. The van der Waals surface area contributed by atoms with Crippen molar-refractivity contribution in [3.05, 3.63) is 63.1 Å². The molecule has 0 spiro atoms. The summed E-state index contributed by atoms with van der Waals surface area (Å²) in [5.41, 5.74) is 1.13. The number of amides is 2. The SMILES string of the molecule is O=C1c2cc(Cl)c(Cl)cc2C(=O)N1CCN1CCC(c2onc3cc(F)ccc23)CC1. The minimum atomic E-state index is -0.339. The summed E-state index contributed by atoms with van der Waals surface area (Å²) in [6, 6.07) is 7.42. The van der Waals surface area contributed by atoms with Gasteiger partial charge in [0.25, 0.3) is 11.8 Å². The highest BCUT2D eigenvalue weighted by Gasteiger charge is 2.36. The number of benzene rings is 2. The lowest BCUT2D eigenvalue weighted by Gasteiger charge is -2.31. The molecule has 2 aromatic carbocycles. The zero-order valence-electron chi connectivity index (χ0n) is 16.4. The zero-order chi connectivity index (χ0) is 21.7. The molecule has 0 saturated carbocycles. The molecule has 0 unspecified atom stereocenters. The maximum Gasteiger partial charge on any atom is 0.261 e. The summed E-state index contributed by atoms with van der Waals surface area (Å²) in [7, 11) is 0. The second kappa shape index (κ2) is 7.89. The van der Waals surface area contributed by atoms with Gasteiger partial charge in [-0.1, -0.05) is 28.4 Å². The van der Waals surface area contributed by atoms with Crippen LogP contribution in [0.4, 0.5) is 4.39 Å². The lowest BCUT2D eigenvalue weighted by molar-refractivity contribution is 0.0629. The van der Waals surface area contributed by atoms with Crippen molar-refractivity contribution in [3.8, 4) is 0 Å². The summed E-state index contributed by atoms with van der Waals surface area (Å²) in [5.74, 6) is -0.0124. The number of carbonyl (C=O) groups excluding carboxylic acids is 2. The van der Waals surface area contributed by atoms with Crippen molar-refractivity contribution >= 4 is 45.9 Å². The number of likely N-dealkylation sites (tertiary alicyclic amines) is 1. The minimum Gasteiger partial charge on any atom is -0.360 e. The topological polar surface area (TPSA) is 66.7 Å². The first-order valence-corrected chi connectivity index (χ1v) is 10.8. The predicted octanol–water partition coefficient (Wildman–Crippen LogP) is 4.75. The summed E-state index contributed by atoms with van der Waals surface area (Å²) < 4.78 is 18.9. The first kappa shape index (κ1) is 20.4. The van der Waals surface area contributed by atoms with Crippen LogP contribution in [-0.4, -0.2) is 52.9 Å². The highest BCUT2D eigenvalue weighted by Crippen LogP contribution is 2.34. The van der Waals surface area contributed by atoms with Crippen LogP contribution in [0.2, 0.25) is 10.0 Å². The number of piperidine rings is 1. The van der Waals surface area contributed by atoms with Gasteiger partial charge in [-0.3, -0.25) is 14.5 Å². The van der Waals surface area contributed by atoms with E-state index < -0.39 is 0 Å². The van der Waals surface area contributed by atoms with Crippen LogP contribution >= 0.6 is 23.2 Å². The number of hydrogen-bond donors (Lipinski definition) is 0. The molecule has 0 aliphatic carbocycles. The van der Waals surface area contributed by atoms with E-state index in [1.54, 1.807) is 6.07 Å². The third kappa shape index (κ3) is 3.60. The third-order valence-corrected chi connectivity index (χ3v) is 6.80. The Morgan fingerprint density at radius 1 is 1.00 bits per heavy atom. The van der Waals surface area contributed by atoms with Crippen molar-refractivity contribution in [3.63, 3.8) is 0 Å². The molecular weight excluding hydrogens is 444 g/mol. The number of imide groups is 1. The molecule has 2 aliphatic rings. The number of fused-ring (bicyclic) bond motifs is 2. The van der Waals surface area contributed by atoms with Gasteiger partial charge >= 0.3 is 0 Å². The number of carbonyl (C=O) groups is 2. The van der Waals surface area contributed by atoms with Crippen LogP contribution in [0.3, 0.4) is 0 Å². The number of hydrogen-bond acceptors (Lipinski definition) is 5. The number of rotatable bonds is 4. The van der Waals surface area contributed by atoms with Crippen LogP contribution in [-0.2, 0) is 0 Å². The van der Waals surface area contributed by atoms with Crippen molar-refractivity contribution in [2.24, 2.45) is 0 Å². The average Bonchev–Trinajstić information content (AvgIpc) is 3.27. The summed E-state index contributed by atoms with van der Waals surface area (Å²) in [4.78, 5) is 28.7. The Bertz CT molecular complexity index is 1160. The molecular formula is C22H18Cl2FN3O3. The maximum atomic E-state index is 13.4. The van der Waals surface area contributed by atoms with Crippen LogP contribution in [0, 0.1) is 5.82 Å². The summed E-state index contributed by atoms with van der Waals surface area (Å²) >= 11 is 12.0. The van der Waals surface area contributed by atoms with Crippen molar-refractivity contribution in [2.45, 2.75) is 18.8 Å². The van der Waals surface area contributed by atoms with Gasteiger partial charge in [0.15, 0.2) is 0 Å². The number of nitrogens with zero attached hydrogens (tertiary/aromatic N) is 3. The van der Waals surface area contributed by atoms with Crippen LogP contribution in [0.5, 0.6) is 0 Å². The Labute approximate surface area is 187 Å². The lowest BCUT2D eigenvalue weighted by atomic mass is 9.92. The fourth-order valence-electron chi connectivity index (χ4n) is 4.38. The predicted molar refractivity (Wildman–Crippen MR) is 114 cm³/mol. The third-order valence-electron chi connectivity index (χ3n) is 6.08. The molecule has 1 aromatic heterocycles. The fraction of sp³-hybridized carbons (Fsp3) is 0.318. The van der Waals surface area contributed by atoms with Crippen molar-refractivity contribution in [1.82, 2.24) is 15.0 Å². The molecule has 1 fully saturated rings. The summed E-state index contributed by atoms with van der Waals surface area (Å²) in [6.07, 6.45) is 1.71. The van der Waals surface area contributed by atoms with Gasteiger partial charge < -0.3 is 9.42 Å². The highest BCUT2D eigenvalue weighted by molar-refractivity contribution is 6.43. The van der Waals surface area contributed by atoms with Gasteiger partial charge in [-0.05, 0) is 50.2 Å². The van der Waals surface area contributed by atoms with Gasteiger partial charge in [0, 0.05) is 30.5 Å². The molecule has 160 valence electrons. The number of halogens is 3. The van der Waals surface area contributed by atoms with Gasteiger partial charge in [0.2, 0.25) is 0 Å². The van der Waals surface area contributed by atoms with Crippen LogP contribution in [0.15, 0.2) is 34.9 Å². The Morgan fingerprint density at radius 3 is 2.29 bits per heavy atom. The Hall–Kier alpha value is -2.48. The molecule has 0 N–H and O–H groups in total. The van der Waals surface area contributed by atoms with Crippen molar-refractivity contribution < 1.29 is 18.5 Å². The molecule has 2 aliphatic heterocycles. The van der Waals surface area contributed by atoms with Crippen molar-refractivity contribution in [2.75, 3.05) is 26.2 Å². The van der Waals surface area contributed by atoms with E-state index in [1.165, 1.54) is 29.2 Å². The fourth-order valence-corrected chi connectivity index (χ4v) is 4.70. The minimum absolute atomic E-state index is 0.204. The molecule has 6 nitrogen and oxygen atoms in total. The molecule has 3 aromatic rings. The smallest absolute Gasteiger partial charge is 0.261 e. The molecule has 9 heteroatoms. The van der Waals surface area contributed by atoms with Crippen LogP contribution in [0.25, 0.3) is 10.9 Å². The van der Waals surface area contributed by atoms with E-state index in [9.17, 15) is 14.0 Å². The van der Waals surface area contributed by atoms with Gasteiger partial charge in [-0.15, -0.1) is 0 Å².